The first-order chi connectivity index (χ1) is 4.02. The number of halogens is 3. The second kappa shape index (κ2) is 2.46. The third kappa shape index (κ3) is 2.15. The molecular weight excluding hydrogens is 180 g/mol. The maximum atomic E-state index is 5.58. The van der Waals surface area contributed by atoms with Crippen molar-refractivity contribution in [1.29, 1.82) is 0 Å². The van der Waals surface area contributed by atoms with Gasteiger partial charge >= 0.3 is 0 Å². The van der Waals surface area contributed by atoms with Crippen molar-refractivity contribution in [1.82, 2.24) is 4.90 Å². The molecule has 0 spiro atoms. The number of nitrogens with zero attached hydrogens (tertiary/aromatic N) is 1. The van der Waals surface area contributed by atoms with E-state index in [0.29, 0.717) is 6.04 Å². The summed E-state index contributed by atoms with van der Waals surface area (Å²) in [6.07, 6.45) is 2.31. The topological polar surface area (TPSA) is 3.24 Å². The highest BCUT2D eigenvalue weighted by Crippen LogP contribution is 2.38. The van der Waals surface area contributed by atoms with E-state index in [-0.39, 0.29) is 0 Å². The molecule has 0 heterocycles. The van der Waals surface area contributed by atoms with Crippen LogP contribution in [0.2, 0.25) is 0 Å². The van der Waals surface area contributed by atoms with Gasteiger partial charge in [-0.2, -0.15) is 0 Å². The van der Waals surface area contributed by atoms with Gasteiger partial charge in [-0.15, -0.1) is 0 Å². The van der Waals surface area contributed by atoms with E-state index in [1.165, 1.54) is 0 Å². The van der Waals surface area contributed by atoms with Crippen molar-refractivity contribution in [3.8, 4) is 0 Å². The van der Waals surface area contributed by atoms with Crippen LogP contribution in [0.15, 0.2) is 0 Å². The lowest BCUT2D eigenvalue weighted by molar-refractivity contribution is 0.327. The molecule has 0 atom stereocenters. The Hall–Kier alpha value is 0.830. The molecule has 0 aliphatic heterocycles. The predicted molar refractivity (Wildman–Crippen MR) is 41.1 cm³/mol. The van der Waals surface area contributed by atoms with Crippen LogP contribution < -0.4 is 0 Å². The van der Waals surface area contributed by atoms with Crippen LogP contribution >= 0.6 is 34.8 Å². The lowest BCUT2D eigenvalue weighted by atomic mass is 10.6. The summed E-state index contributed by atoms with van der Waals surface area (Å²) in [7, 11) is 1.82. The summed E-state index contributed by atoms with van der Waals surface area (Å²) < 4.78 is -1.21. The maximum Gasteiger partial charge on any atom is 0.247 e. The molecule has 1 fully saturated rings. The Morgan fingerprint density at radius 3 is 1.89 bits per heavy atom. The Bertz CT molecular complexity index is 105. The zero-order valence-electron chi connectivity index (χ0n) is 5.07. The van der Waals surface area contributed by atoms with E-state index in [9.17, 15) is 0 Å². The number of rotatable bonds is 1. The van der Waals surface area contributed by atoms with Crippen LogP contribution in [-0.2, 0) is 0 Å². The zero-order chi connectivity index (χ0) is 7.07. The van der Waals surface area contributed by atoms with Gasteiger partial charge in [0.2, 0.25) is 3.92 Å². The van der Waals surface area contributed by atoms with Gasteiger partial charge in [0, 0.05) is 6.04 Å². The molecule has 1 saturated carbocycles. The zero-order valence-corrected chi connectivity index (χ0v) is 7.34. The molecule has 9 heavy (non-hydrogen) atoms. The van der Waals surface area contributed by atoms with Gasteiger partial charge in [0.15, 0.2) is 0 Å². The number of hydrogen-bond acceptors (Lipinski definition) is 1. The molecule has 0 aromatic carbocycles. The van der Waals surface area contributed by atoms with Gasteiger partial charge in [-0.3, -0.25) is 4.90 Å². The Balaban J connectivity index is 2.40. The molecule has 0 bridgehead atoms. The smallest absolute Gasteiger partial charge is 0.247 e. The minimum atomic E-state index is -1.21. The maximum absolute atomic E-state index is 5.58. The standard InChI is InChI=1S/C5H8Cl3N/c1-9(4-2-3-4)5(6,7)8/h4H,2-3H2,1H3. The third-order valence-corrected chi connectivity index (χ3v) is 2.29. The van der Waals surface area contributed by atoms with Crippen LogP contribution in [0, 0.1) is 0 Å². The quantitative estimate of drug-likeness (QED) is 0.451. The van der Waals surface area contributed by atoms with Crippen LogP contribution in [0.3, 0.4) is 0 Å². The van der Waals surface area contributed by atoms with Gasteiger partial charge in [-0.25, -0.2) is 0 Å². The summed E-state index contributed by atoms with van der Waals surface area (Å²) in [6, 6.07) is 0.498. The molecular formula is C5H8Cl3N. The normalized spacial score (nSPS) is 21.0. The van der Waals surface area contributed by atoms with Gasteiger partial charge < -0.3 is 0 Å². The van der Waals surface area contributed by atoms with Gasteiger partial charge in [0.1, 0.15) is 0 Å². The highest BCUT2D eigenvalue weighted by molar-refractivity contribution is 6.67. The minimum Gasteiger partial charge on any atom is -0.260 e. The molecule has 0 N–H and O–H groups in total. The fourth-order valence-corrected chi connectivity index (χ4v) is 1.08. The molecule has 1 rings (SSSR count). The van der Waals surface area contributed by atoms with Crippen molar-refractivity contribution < 1.29 is 0 Å². The molecule has 54 valence electrons. The first kappa shape index (κ1) is 7.93. The van der Waals surface area contributed by atoms with Crippen LogP contribution in [-0.4, -0.2) is 21.9 Å². The van der Waals surface area contributed by atoms with Crippen molar-refractivity contribution in [2.24, 2.45) is 0 Å². The lowest BCUT2D eigenvalue weighted by Crippen LogP contribution is -2.32. The van der Waals surface area contributed by atoms with Crippen molar-refractivity contribution in [3.63, 3.8) is 0 Å². The number of hydrogen-bond donors (Lipinski definition) is 0. The Kier molecular flexibility index (Phi) is 2.17. The van der Waals surface area contributed by atoms with E-state index >= 15 is 0 Å². The Morgan fingerprint density at radius 1 is 1.33 bits per heavy atom. The molecule has 0 radical (unpaired) electrons. The van der Waals surface area contributed by atoms with Gasteiger partial charge in [0.25, 0.3) is 0 Å². The first-order valence-electron chi connectivity index (χ1n) is 2.81. The Labute approximate surface area is 69.9 Å². The summed E-state index contributed by atoms with van der Waals surface area (Å²) in [5.41, 5.74) is 0. The largest absolute Gasteiger partial charge is 0.260 e. The molecule has 1 nitrogen and oxygen atoms in total. The third-order valence-electron chi connectivity index (χ3n) is 1.49. The van der Waals surface area contributed by atoms with Crippen LogP contribution in [0.1, 0.15) is 12.8 Å². The van der Waals surface area contributed by atoms with E-state index < -0.39 is 3.92 Å². The molecule has 0 unspecified atom stereocenters. The fraction of sp³-hybridized carbons (Fsp3) is 1.00. The second-order valence-corrected chi connectivity index (χ2v) is 4.53. The monoisotopic (exact) mass is 187 g/mol. The van der Waals surface area contributed by atoms with Crippen molar-refractivity contribution in [2.75, 3.05) is 7.05 Å². The van der Waals surface area contributed by atoms with E-state index in [1.54, 1.807) is 4.90 Å². The molecule has 0 amide bonds. The lowest BCUT2D eigenvalue weighted by Gasteiger charge is -2.23. The molecule has 0 aromatic rings. The highest BCUT2D eigenvalue weighted by atomic mass is 35.6. The summed E-state index contributed by atoms with van der Waals surface area (Å²) in [5.74, 6) is 0. The van der Waals surface area contributed by atoms with Gasteiger partial charge in [-0.05, 0) is 19.9 Å². The Morgan fingerprint density at radius 2 is 1.78 bits per heavy atom. The molecule has 1 aliphatic rings. The SMILES string of the molecule is CN(C1CC1)C(Cl)(Cl)Cl. The summed E-state index contributed by atoms with van der Waals surface area (Å²) >= 11 is 16.7. The molecule has 0 aromatic heterocycles. The van der Waals surface area contributed by atoms with Crippen molar-refractivity contribution in [3.05, 3.63) is 0 Å². The van der Waals surface area contributed by atoms with E-state index in [4.69, 9.17) is 34.8 Å². The number of alkyl halides is 3. The molecule has 4 heteroatoms. The molecule has 0 saturated heterocycles. The summed E-state index contributed by atoms with van der Waals surface area (Å²) in [5, 5.41) is 0. The highest BCUT2D eigenvalue weighted by Gasteiger charge is 2.37. The fourth-order valence-electron chi connectivity index (χ4n) is 0.669. The summed E-state index contributed by atoms with van der Waals surface area (Å²) in [6.45, 7) is 0. The first-order valence-corrected chi connectivity index (χ1v) is 3.95. The average Bonchev–Trinajstić information content (AvgIpc) is 2.40. The van der Waals surface area contributed by atoms with Crippen LogP contribution in [0.4, 0.5) is 0 Å². The molecule has 1 aliphatic carbocycles. The van der Waals surface area contributed by atoms with Gasteiger partial charge in [0.05, 0.1) is 0 Å². The van der Waals surface area contributed by atoms with Crippen molar-refractivity contribution >= 4 is 34.8 Å². The van der Waals surface area contributed by atoms with Crippen molar-refractivity contribution in [2.45, 2.75) is 22.8 Å². The second-order valence-electron chi connectivity index (χ2n) is 2.31. The van der Waals surface area contributed by atoms with E-state index in [0.717, 1.165) is 12.8 Å². The van der Waals surface area contributed by atoms with E-state index in [1.807, 2.05) is 7.05 Å². The van der Waals surface area contributed by atoms with Crippen LogP contribution in [0.5, 0.6) is 0 Å². The minimum absolute atomic E-state index is 0.498. The van der Waals surface area contributed by atoms with E-state index in [2.05, 4.69) is 0 Å². The van der Waals surface area contributed by atoms with Gasteiger partial charge in [-0.1, -0.05) is 34.8 Å². The average molecular weight is 188 g/mol. The predicted octanol–water partition coefficient (Wildman–Crippen LogP) is 2.41. The van der Waals surface area contributed by atoms with Crippen LogP contribution in [0.25, 0.3) is 0 Å². The summed E-state index contributed by atoms with van der Waals surface area (Å²) in [4.78, 5) is 1.76.